The number of hydrogen-bond acceptors (Lipinski definition) is 3. The van der Waals surface area contributed by atoms with Crippen LogP contribution in [0.4, 0.5) is 0 Å². The van der Waals surface area contributed by atoms with E-state index >= 15 is 0 Å². The van der Waals surface area contributed by atoms with Crippen LogP contribution in [0.2, 0.25) is 0 Å². The normalized spacial score (nSPS) is 15.6. The lowest BCUT2D eigenvalue weighted by Gasteiger charge is -2.24. The molecule has 0 bridgehead atoms. The number of hydrogen-bond donors (Lipinski definition) is 1. The van der Waals surface area contributed by atoms with Gasteiger partial charge in [0.05, 0.1) is 11.4 Å². The van der Waals surface area contributed by atoms with Crippen molar-refractivity contribution in [3.63, 3.8) is 0 Å². The Balaban J connectivity index is 1.85. The highest BCUT2D eigenvalue weighted by molar-refractivity contribution is 7.89. The lowest BCUT2D eigenvalue weighted by molar-refractivity contribution is 0.317. The molecular weight excluding hydrogens is 310 g/mol. The molecule has 6 heteroatoms. The summed E-state index contributed by atoms with van der Waals surface area (Å²) in [6.07, 6.45) is 6.19. The molecule has 0 fully saturated rings. The topological polar surface area (TPSA) is 64.0 Å². The molecule has 132 valence electrons. The van der Waals surface area contributed by atoms with Crippen molar-refractivity contribution < 1.29 is 8.42 Å². The van der Waals surface area contributed by atoms with Crippen LogP contribution >= 0.6 is 0 Å². The highest BCUT2D eigenvalue weighted by atomic mass is 32.2. The third-order valence-electron chi connectivity index (χ3n) is 4.79. The zero-order chi connectivity index (χ0) is 17.0. The first-order valence-electron chi connectivity index (χ1n) is 8.81. The third-order valence-corrected chi connectivity index (χ3v) is 6.25. The van der Waals surface area contributed by atoms with Gasteiger partial charge in [-0.05, 0) is 30.6 Å². The van der Waals surface area contributed by atoms with Crippen molar-refractivity contribution in [2.75, 3.05) is 12.3 Å². The van der Waals surface area contributed by atoms with Crippen molar-refractivity contribution in [2.24, 2.45) is 17.8 Å². The van der Waals surface area contributed by atoms with Crippen LogP contribution in [-0.2, 0) is 29.4 Å². The van der Waals surface area contributed by atoms with Gasteiger partial charge < -0.3 is 4.57 Å². The van der Waals surface area contributed by atoms with E-state index in [0.717, 1.165) is 24.5 Å². The first-order valence-corrected chi connectivity index (χ1v) is 10.5. The average Bonchev–Trinajstić information content (AvgIpc) is 2.86. The molecule has 0 aliphatic carbocycles. The van der Waals surface area contributed by atoms with E-state index < -0.39 is 10.0 Å². The van der Waals surface area contributed by atoms with Gasteiger partial charge in [-0.1, -0.05) is 27.7 Å². The second-order valence-corrected chi connectivity index (χ2v) is 9.23. The number of nitrogens with one attached hydrogen (secondary N) is 1. The molecule has 1 N–H and O–H groups in total. The maximum atomic E-state index is 12.3. The largest absolute Gasteiger partial charge is 0.335 e. The maximum absolute atomic E-state index is 12.3. The molecule has 1 aromatic heterocycles. The van der Waals surface area contributed by atoms with Crippen LogP contribution < -0.4 is 4.72 Å². The van der Waals surface area contributed by atoms with Crippen molar-refractivity contribution in [3.8, 4) is 0 Å². The smallest absolute Gasteiger partial charge is 0.211 e. The van der Waals surface area contributed by atoms with Crippen LogP contribution in [0.1, 0.15) is 52.1 Å². The molecule has 1 aliphatic heterocycles. The predicted molar refractivity (Wildman–Crippen MR) is 93.8 cm³/mol. The van der Waals surface area contributed by atoms with Crippen molar-refractivity contribution >= 4 is 10.0 Å². The van der Waals surface area contributed by atoms with Crippen LogP contribution in [0.15, 0.2) is 6.20 Å². The maximum Gasteiger partial charge on any atom is 0.211 e. The molecule has 0 aromatic carbocycles. The number of sulfonamides is 1. The zero-order valence-electron chi connectivity index (χ0n) is 14.9. The SMILES string of the molecule is CC(C)C(CS(=O)(=O)NCCc1cn2c(n1)CCCC2)C(C)C. The fourth-order valence-electron chi connectivity index (χ4n) is 3.39. The molecule has 0 saturated carbocycles. The Morgan fingerprint density at radius 2 is 1.91 bits per heavy atom. The zero-order valence-corrected chi connectivity index (χ0v) is 15.7. The number of fused-ring (bicyclic) bond motifs is 1. The molecule has 2 rings (SSSR count). The number of aryl methyl sites for hydroxylation is 2. The Morgan fingerprint density at radius 1 is 1.22 bits per heavy atom. The second kappa shape index (κ2) is 7.79. The molecule has 0 amide bonds. The van der Waals surface area contributed by atoms with Gasteiger partial charge in [0.1, 0.15) is 5.82 Å². The first-order chi connectivity index (χ1) is 10.8. The van der Waals surface area contributed by atoms with Gasteiger partial charge >= 0.3 is 0 Å². The average molecular weight is 342 g/mol. The van der Waals surface area contributed by atoms with Gasteiger partial charge in [-0.25, -0.2) is 18.1 Å². The van der Waals surface area contributed by atoms with Crippen molar-refractivity contribution in [3.05, 3.63) is 17.7 Å². The van der Waals surface area contributed by atoms with Gasteiger partial charge in [0.25, 0.3) is 0 Å². The van der Waals surface area contributed by atoms with Gasteiger partial charge in [-0.3, -0.25) is 0 Å². The van der Waals surface area contributed by atoms with Crippen LogP contribution in [0.25, 0.3) is 0 Å². The molecule has 1 aliphatic rings. The van der Waals surface area contributed by atoms with Crippen LogP contribution in [0, 0.1) is 17.8 Å². The highest BCUT2D eigenvalue weighted by Gasteiger charge is 2.24. The number of rotatable bonds is 8. The molecule has 23 heavy (non-hydrogen) atoms. The molecule has 0 saturated heterocycles. The number of aromatic nitrogens is 2. The second-order valence-electron chi connectivity index (χ2n) is 7.38. The lowest BCUT2D eigenvalue weighted by atomic mass is 9.87. The Bertz CT molecular complexity index is 574. The van der Waals surface area contributed by atoms with Crippen LogP contribution in [-0.4, -0.2) is 30.3 Å². The van der Waals surface area contributed by atoms with Crippen molar-refractivity contribution in [1.82, 2.24) is 14.3 Å². The van der Waals surface area contributed by atoms with E-state index in [0.29, 0.717) is 24.8 Å². The molecule has 5 nitrogen and oxygen atoms in total. The summed E-state index contributed by atoms with van der Waals surface area (Å²) in [5.74, 6) is 2.28. The Labute approximate surface area is 140 Å². The fraction of sp³-hybridized carbons (Fsp3) is 0.824. The van der Waals surface area contributed by atoms with Gasteiger partial charge in [0.2, 0.25) is 10.0 Å². The standard InChI is InChI=1S/C17H31N3O2S/c1-13(2)16(14(3)4)12-23(21,22)18-9-8-15-11-20-10-6-5-7-17(20)19-15/h11,13-14,16,18H,5-10,12H2,1-4H3. The minimum Gasteiger partial charge on any atom is -0.335 e. The third kappa shape index (κ3) is 5.31. The molecule has 0 unspecified atom stereocenters. The summed E-state index contributed by atoms with van der Waals surface area (Å²) < 4.78 is 29.6. The fourth-order valence-corrected chi connectivity index (χ4v) is 5.20. The summed E-state index contributed by atoms with van der Waals surface area (Å²) in [5.41, 5.74) is 0.994. The van der Waals surface area contributed by atoms with E-state index in [9.17, 15) is 8.42 Å². The summed E-state index contributed by atoms with van der Waals surface area (Å²) >= 11 is 0. The van der Waals surface area contributed by atoms with Gasteiger partial charge in [-0.2, -0.15) is 0 Å². The van der Waals surface area contributed by atoms with Gasteiger partial charge in [0, 0.05) is 32.1 Å². The molecule has 2 heterocycles. The highest BCUT2D eigenvalue weighted by Crippen LogP contribution is 2.22. The molecule has 0 radical (unpaired) electrons. The lowest BCUT2D eigenvalue weighted by Crippen LogP contribution is -2.34. The summed E-state index contributed by atoms with van der Waals surface area (Å²) in [7, 11) is -3.23. The van der Waals surface area contributed by atoms with Crippen molar-refractivity contribution in [2.45, 2.75) is 59.9 Å². The Hall–Kier alpha value is -0.880. The predicted octanol–water partition coefficient (Wildman–Crippen LogP) is 2.61. The van der Waals surface area contributed by atoms with Crippen LogP contribution in [0.3, 0.4) is 0 Å². The summed E-state index contributed by atoms with van der Waals surface area (Å²) in [6.45, 7) is 9.84. The summed E-state index contributed by atoms with van der Waals surface area (Å²) in [6, 6.07) is 0. The Morgan fingerprint density at radius 3 is 2.52 bits per heavy atom. The first kappa shape index (κ1) is 18.5. The van der Waals surface area contributed by atoms with E-state index in [4.69, 9.17) is 0 Å². The van der Waals surface area contributed by atoms with Crippen LogP contribution in [0.5, 0.6) is 0 Å². The van der Waals surface area contributed by atoms with E-state index in [1.54, 1.807) is 0 Å². The van der Waals surface area contributed by atoms with E-state index in [-0.39, 0.29) is 11.7 Å². The van der Waals surface area contributed by atoms with E-state index in [1.165, 1.54) is 12.8 Å². The minimum absolute atomic E-state index is 0.187. The van der Waals surface area contributed by atoms with Gasteiger partial charge in [0.15, 0.2) is 0 Å². The summed E-state index contributed by atoms with van der Waals surface area (Å²) in [4.78, 5) is 4.62. The van der Waals surface area contributed by atoms with E-state index in [2.05, 4.69) is 48.2 Å². The summed E-state index contributed by atoms with van der Waals surface area (Å²) in [5, 5.41) is 0. The Kier molecular flexibility index (Phi) is 6.26. The minimum atomic E-state index is -3.23. The quantitative estimate of drug-likeness (QED) is 0.790. The van der Waals surface area contributed by atoms with Crippen molar-refractivity contribution in [1.29, 1.82) is 0 Å². The number of imidazole rings is 1. The van der Waals surface area contributed by atoms with Gasteiger partial charge in [-0.15, -0.1) is 0 Å². The molecule has 0 atom stereocenters. The molecule has 0 spiro atoms. The number of nitrogens with zero attached hydrogens (tertiary/aromatic N) is 2. The molecule has 1 aromatic rings. The monoisotopic (exact) mass is 341 g/mol. The van der Waals surface area contributed by atoms with E-state index in [1.807, 2.05) is 0 Å². The molecular formula is C17H31N3O2S.